The number of nitrogens with one attached hydrogen (secondary N) is 1. The first-order chi connectivity index (χ1) is 13.7. The monoisotopic (exact) mass is 414 g/mol. The van der Waals surface area contributed by atoms with Gasteiger partial charge in [-0.15, -0.1) is 0 Å². The first-order valence-electron chi connectivity index (χ1n) is 7.97. The maximum atomic E-state index is 12.5. The highest BCUT2D eigenvalue weighted by atomic mass is 19.3. The number of hydrogen-bond donors (Lipinski definition) is 1. The molecule has 0 fully saturated rings. The number of nitrogens with zero attached hydrogens (tertiary/aromatic N) is 1. The number of amides is 1. The van der Waals surface area contributed by atoms with Gasteiger partial charge in [0.2, 0.25) is 5.91 Å². The molecule has 1 amide bonds. The molecule has 0 aliphatic carbocycles. The van der Waals surface area contributed by atoms with Crippen molar-refractivity contribution in [2.45, 2.75) is 19.8 Å². The molecule has 0 radical (unpaired) electrons. The van der Waals surface area contributed by atoms with Gasteiger partial charge >= 0.3 is 13.2 Å². The molecule has 0 atom stereocenters. The van der Waals surface area contributed by atoms with Crippen LogP contribution < -0.4 is 14.8 Å². The van der Waals surface area contributed by atoms with Crippen LogP contribution in [-0.2, 0) is 11.3 Å². The number of alkyl halides is 4. The number of rotatable bonds is 9. The van der Waals surface area contributed by atoms with Gasteiger partial charge in [0.25, 0.3) is 5.69 Å². The Balaban J connectivity index is 2.03. The van der Waals surface area contributed by atoms with Crippen LogP contribution in [0, 0.1) is 10.1 Å². The van der Waals surface area contributed by atoms with Gasteiger partial charge in [-0.25, -0.2) is 0 Å². The highest BCUT2D eigenvalue weighted by molar-refractivity contribution is 5.92. The molecule has 29 heavy (non-hydrogen) atoms. The largest absolute Gasteiger partial charge is 0.435 e. The van der Waals surface area contributed by atoms with Crippen molar-refractivity contribution < 1.29 is 36.8 Å². The zero-order valence-corrected chi connectivity index (χ0v) is 14.6. The number of nitro groups is 1. The van der Waals surface area contributed by atoms with Gasteiger partial charge in [-0.2, -0.15) is 17.6 Å². The Kier molecular flexibility index (Phi) is 7.52. The Morgan fingerprint density at radius 3 is 2.31 bits per heavy atom. The summed E-state index contributed by atoms with van der Waals surface area (Å²) in [5, 5.41) is 13.1. The molecule has 154 valence electrons. The Morgan fingerprint density at radius 2 is 1.72 bits per heavy atom. The summed E-state index contributed by atoms with van der Waals surface area (Å²) in [5.41, 5.74) is 0.552. The number of hydrogen-bond acceptors (Lipinski definition) is 5. The summed E-state index contributed by atoms with van der Waals surface area (Å²) in [7, 11) is 0. The minimum Gasteiger partial charge on any atom is -0.435 e. The second kappa shape index (κ2) is 10.1. The van der Waals surface area contributed by atoms with E-state index in [9.17, 15) is 32.5 Å². The maximum absolute atomic E-state index is 12.5. The van der Waals surface area contributed by atoms with Gasteiger partial charge in [-0.05, 0) is 23.8 Å². The Labute approximate surface area is 161 Å². The Bertz CT molecular complexity index is 888. The van der Waals surface area contributed by atoms with E-state index in [0.29, 0.717) is 5.56 Å². The number of benzene rings is 2. The van der Waals surface area contributed by atoms with E-state index in [1.165, 1.54) is 30.3 Å². The Morgan fingerprint density at radius 1 is 1.07 bits per heavy atom. The van der Waals surface area contributed by atoms with Crippen LogP contribution >= 0.6 is 0 Å². The fourth-order valence-corrected chi connectivity index (χ4v) is 2.18. The number of carbonyl (C=O) groups is 1. The third kappa shape index (κ3) is 7.13. The van der Waals surface area contributed by atoms with Crippen LogP contribution in [0.5, 0.6) is 11.5 Å². The van der Waals surface area contributed by atoms with Crippen LogP contribution in [-0.4, -0.2) is 24.1 Å². The van der Waals surface area contributed by atoms with Gasteiger partial charge in [-0.1, -0.05) is 12.1 Å². The van der Waals surface area contributed by atoms with E-state index in [4.69, 9.17) is 0 Å². The molecule has 1 N–H and O–H groups in total. The summed E-state index contributed by atoms with van der Waals surface area (Å²) in [6.07, 6.45) is 2.20. The summed E-state index contributed by atoms with van der Waals surface area (Å²) in [4.78, 5) is 21.9. The van der Waals surface area contributed by atoms with E-state index < -0.39 is 29.8 Å². The van der Waals surface area contributed by atoms with E-state index in [2.05, 4.69) is 14.8 Å². The molecule has 11 heteroatoms. The minimum absolute atomic E-state index is 0.0393. The molecule has 0 aliphatic rings. The first-order valence-corrected chi connectivity index (χ1v) is 7.97. The van der Waals surface area contributed by atoms with E-state index in [1.54, 1.807) is 0 Å². The van der Waals surface area contributed by atoms with Gasteiger partial charge in [0.05, 0.1) is 4.92 Å². The summed E-state index contributed by atoms with van der Waals surface area (Å²) in [6, 6.07) is 8.65. The molecule has 0 unspecified atom stereocenters. The van der Waals surface area contributed by atoms with Crippen molar-refractivity contribution in [2.24, 2.45) is 0 Å². The Hall–Kier alpha value is -3.63. The molecule has 7 nitrogen and oxygen atoms in total. The van der Waals surface area contributed by atoms with Crippen LogP contribution in [0.15, 0.2) is 48.5 Å². The second-order valence-electron chi connectivity index (χ2n) is 5.43. The van der Waals surface area contributed by atoms with Gasteiger partial charge in [0, 0.05) is 36.4 Å². The molecule has 0 saturated carbocycles. The average Bonchev–Trinajstić information content (AvgIpc) is 2.65. The molecule has 0 saturated heterocycles. The quantitative estimate of drug-likeness (QED) is 0.288. The summed E-state index contributed by atoms with van der Waals surface area (Å²) >= 11 is 0. The van der Waals surface area contributed by atoms with E-state index >= 15 is 0 Å². The molecular formula is C18H14F4N2O5. The number of nitro benzene ring substituents is 1. The van der Waals surface area contributed by atoms with Crippen LogP contribution in [0.2, 0.25) is 0 Å². The molecule has 0 aliphatic heterocycles. The molecular weight excluding hydrogens is 400 g/mol. The number of ether oxygens (including phenoxy) is 2. The molecule has 0 spiro atoms. The fourth-order valence-electron chi connectivity index (χ4n) is 2.18. The predicted molar refractivity (Wildman–Crippen MR) is 93.7 cm³/mol. The van der Waals surface area contributed by atoms with Crippen LogP contribution in [0.1, 0.15) is 11.1 Å². The minimum atomic E-state index is -3.21. The lowest BCUT2D eigenvalue weighted by molar-refractivity contribution is -0.384. The molecule has 0 bridgehead atoms. The molecule has 2 rings (SSSR count). The van der Waals surface area contributed by atoms with Crippen LogP contribution in [0.25, 0.3) is 6.08 Å². The zero-order chi connectivity index (χ0) is 21.4. The molecule has 0 aromatic heterocycles. The fraction of sp³-hybridized carbons (Fsp3) is 0.167. The standard InChI is InChI=1S/C18H14F4N2O5/c19-17(20)28-14-7-3-12(15(9-14)29-18(21)22)4-8-16(25)23-10-11-1-5-13(6-2-11)24(26)27/h1-9,17-18H,10H2,(H,23,25). The summed E-state index contributed by atoms with van der Waals surface area (Å²) in [6.45, 7) is -6.27. The normalized spacial score (nSPS) is 11.1. The van der Waals surface area contributed by atoms with Crippen LogP contribution in [0.4, 0.5) is 23.2 Å². The van der Waals surface area contributed by atoms with Crippen molar-refractivity contribution in [1.29, 1.82) is 0 Å². The third-order valence-electron chi connectivity index (χ3n) is 3.45. The first kappa shape index (κ1) is 21.7. The predicted octanol–water partition coefficient (Wildman–Crippen LogP) is 4.13. The third-order valence-corrected chi connectivity index (χ3v) is 3.45. The number of non-ortho nitro benzene ring substituents is 1. The molecule has 0 heterocycles. The van der Waals surface area contributed by atoms with Crippen molar-refractivity contribution in [1.82, 2.24) is 5.32 Å². The van der Waals surface area contributed by atoms with Gasteiger partial charge in [0.15, 0.2) is 0 Å². The van der Waals surface area contributed by atoms with Gasteiger partial charge in [0.1, 0.15) is 11.5 Å². The van der Waals surface area contributed by atoms with Crippen LogP contribution in [0.3, 0.4) is 0 Å². The molecule has 2 aromatic rings. The van der Waals surface area contributed by atoms with E-state index in [0.717, 1.165) is 24.3 Å². The maximum Gasteiger partial charge on any atom is 0.387 e. The van der Waals surface area contributed by atoms with E-state index in [1.807, 2.05) is 0 Å². The van der Waals surface area contributed by atoms with Crippen molar-refractivity contribution in [3.05, 3.63) is 69.8 Å². The number of halogens is 4. The second-order valence-corrected chi connectivity index (χ2v) is 5.43. The number of carbonyl (C=O) groups excluding carboxylic acids is 1. The van der Waals surface area contributed by atoms with Crippen molar-refractivity contribution in [2.75, 3.05) is 0 Å². The molecule has 2 aromatic carbocycles. The highest BCUT2D eigenvalue weighted by Gasteiger charge is 2.12. The lowest BCUT2D eigenvalue weighted by Gasteiger charge is -2.11. The SMILES string of the molecule is O=C(C=Cc1ccc(OC(F)F)cc1OC(F)F)NCc1ccc([N+](=O)[O-])cc1. The van der Waals surface area contributed by atoms with E-state index in [-0.39, 0.29) is 23.5 Å². The summed E-state index contributed by atoms with van der Waals surface area (Å²) < 4.78 is 57.9. The van der Waals surface area contributed by atoms with Gasteiger partial charge < -0.3 is 14.8 Å². The average molecular weight is 414 g/mol. The zero-order valence-electron chi connectivity index (χ0n) is 14.6. The lowest BCUT2D eigenvalue weighted by Crippen LogP contribution is -2.20. The highest BCUT2D eigenvalue weighted by Crippen LogP contribution is 2.28. The van der Waals surface area contributed by atoms with Gasteiger partial charge in [-0.3, -0.25) is 14.9 Å². The van der Waals surface area contributed by atoms with Crippen molar-refractivity contribution in [3.63, 3.8) is 0 Å². The van der Waals surface area contributed by atoms with Crippen molar-refractivity contribution in [3.8, 4) is 11.5 Å². The van der Waals surface area contributed by atoms with Crippen molar-refractivity contribution >= 4 is 17.7 Å². The summed E-state index contributed by atoms with van der Waals surface area (Å²) in [5.74, 6) is -1.41. The smallest absolute Gasteiger partial charge is 0.387 e. The topological polar surface area (TPSA) is 90.7 Å². The lowest BCUT2D eigenvalue weighted by atomic mass is 10.1.